The highest BCUT2D eigenvalue weighted by molar-refractivity contribution is 6.37. The maximum absolute atomic E-state index is 11.9. The fourth-order valence-corrected chi connectivity index (χ4v) is 2.87. The Morgan fingerprint density at radius 2 is 2.09 bits per heavy atom. The minimum atomic E-state index is -0.653. The maximum atomic E-state index is 11.9. The number of nitrogens with one attached hydrogen (secondary N) is 2. The molecule has 2 aliphatic rings. The molecule has 22 heavy (non-hydrogen) atoms. The molecule has 0 aromatic heterocycles. The van der Waals surface area contributed by atoms with Gasteiger partial charge in [0, 0.05) is 18.9 Å². The van der Waals surface area contributed by atoms with E-state index in [1.807, 2.05) is 0 Å². The second-order valence-electron chi connectivity index (χ2n) is 6.11. The third-order valence-corrected chi connectivity index (χ3v) is 4.53. The molecule has 0 bridgehead atoms. The lowest BCUT2D eigenvalue weighted by Gasteiger charge is -2.34. The van der Waals surface area contributed by atoms with Crippen LogP contribution < -0.4 is 10.7 Å². The first-order valence-corrected chi connectivity index (χ1v) is 7.79. The van der Waals surface area contributed by atoms with E-state index < -0.39 is 5.97 Å². The molecular formula is C15H23N3O4. The fourth-order valence-electron chi connectivity index (χ4n) is 2.87. The number of hydrogen-bond acceptors (Lipinski definition) is 5. The summed E-state index contributed by atoms with van der Waals surface area (Å²) in [7, 11) is 0. The van der Waals surface area contributed by atoms with Gasteiger partial charge in [0.15, 0.2) is 6.61 Å². The Labute approximate surface area is 129 Å². The number of hydrogen-bond donors (Lipinski definition) is 2. The van der Waals surface area contributed by atoms with Crippen LogP contribution in [0.1, 0.15) is 46.0 Å². The van der Waals surface area contributed by atoms with E-state index in [0.717, 1.165) is 12.8 Å². The van der Waals surface area contributed by atoms with Crippen LogP contribution in [0, 0.1) is 11.8 Å². The summed E-state index contributed by atoms with van der Waals surface area (Å²) >= 11 is 0. The number of carbonyl (C=O) groups is 3. The maximum Gasteiger partial charge on any atom is 0.355 e. The smallest absolute Gasteiger partial charge is 0.355 e. The third kappa shape index (κ3) is 4.29. The molecule has 0 aromatic rings. The monoisotopic (exact) mass is 309 g/mol. The highest BCUT2D eigenvalue weighted by Gasteiger charge is 2.28. The van der Waals surface area contributed by atoms with Crippen LogP contribution in [0.5, 0.6) is 0 Å². The van der Waals surface area contributed by atoms with Crippen molar-refractivity contribution in [1.29, 1.82) is 0 Å². The standard InChI is InChI=1S/C15H23N3O4/c1-9-4-3-5-11(10(9)2)16-14(20)8-22-15(21)12-6-7-13(19)18-17-12/h9-11H,3-8H2,1-2H3,(H,16,20)(H,18,19)/t9-,10-,11+/m1/s1. The largest absolute Gasteiger partial charge is 0.451 e. The average Bonchev–Trinajstić information content (AvgIpc) is 2.50. The Bertz CT molecular complexity index is 489. The molecule has 0 aromatic carbocycles. The molecule has 0 unspecified atom stereocenters. The molecule has 2 amide bonds. The second-order valence-corrected chi connectivity index (χ2v) is 6.11. The van der Waals surface area contributed by atoms with E-state index in [2.05, 4.69) is 29.7 Å². The van der Waals surface area contributed by atoms with E-state index in [-0.39, 0.29) is 43.0 Å². The van der Waals surface area contributed by atoms with Gasteiger partial charge in [-0.2, -0.15) is 5.10 Å². The molecule has 1 fully saturated rings. The zero-order valence-corrected chi connectivity index (χ0v) is 13.1. The molecule has 2 rings (SSSR count). The number of carbonyl (C=O) groups excluding carboxylic acids is 3. The van der Waals surface area contributed by atoms with Crippen LogP contribution >= 0.6 is 0 Å². The molecular weight excluding hydrogens is 286 g/mol. The van der Waals surface area contributed by atoms with Gasteiger partial charge in [-0.1, -0.05) is 26.7 Å². The molecule has 1 saturated carbocycles. The lowest BCUT2D eigenvalue weighted by Crippen LogP contribution is -2.45. The van der Waals surface area contributed by atoms with Crippen LogP contribution in [-0.2, 0) is 19.1 Å². The fraction of sp³-hybridized carbons (Fsp3) is 0.733. The number of ether oxygens (including phenoxy) is 1. The van der Waals surface area contributed by atoms with Crippen molar-refractivity contribution >= 4 is 23.5 Å². The van der Waals surface area contributed by atoms with Gasteiger partial charge in [0.1, 0.15) is 5.71 Å². The molecule has 1 heterocycles. The van der Waals surface area contributed by atoms with Gasteiger partial charge in [-0.05, 0) is 18.3 Å². The minimum Gasteiger partial charge on any atom is -0.451 e. The van der Waals surface area contributed by atoms with E-state index in [4.69, 9.17) is 4.74 Å². The van der Waals surface area contributed by atoms with Crippen molar-refractivity contribution in [2.24, 2.45) is 16.9 Å². The van der Waals surface area contributed by atoms with Gasteiger partial charge in [-0.3, -0.25) is 9.59 Å². The molecule has 3 atom stereocenters. The first-order valence-electron chi connectivity index (χ1n) is 7.79. The van der Waals surface area contributed by atoms with Gasteiger partial charge >= 0.3 is 5.97 Å². The quantitative estimate of drug-likeness (QED) is 0.748. The second kappa shape index (κ2) is 7.38. The topological polar surface area (TPSA) is 96.9 Å². The predicted octanol–water partition coefficient (Wildman–Crippen LogP) is 0.736. The van der Waals surface area contributed by atoms with Gasteiger partial charge in [0.25, 0.3) is 5.91 Å². The molecule has 2 N–H and O–H groups in total. The summed E-state index contributed by atoms with van der Waals surface area (Å²) in [5.41, 5.74) is 2.37. The molecule has 1 aliphatic heterocycles. The normalized spacial score (nSPS) is 28.4. The summed E-state index contributed by atoms with van der Waals surface area (Å²) in [5, 5.41) is 6.58. The third-order valence-electron chi connectivity index (χ3n) is 4.53. The highest BCUT2D eigenvalue weighted by Crippen LogP contribution is 2.29. The van der Waals surface area contributed by atoms with Crippen molar-refractivity contribution in [2.45, 2.75) is 52.0 Å². The SMILES string of the molecule is C[C@@H]1[C@H](C)CCC[C@@H]1NC(=O)COC(=O)C1=NNC(=O)CC1. The molecule has 0 radical (unpaired) electrons. The number of amides is 2. The molecule has 1 aliphatic carbocycles. The highest BCUT2D eigenvalue weighted by atomic mass is 16.5. The summed E-state index contributed by atoms with van der Waals surface area (Å²) in [4.78, 5) is 34.6. The molecule has 0 saturated heterocycles. The zero-order chi connectivity index (χ0) is 16.1. The van der Waals surface area contributed by atoms with E-state index >= 15 is 0 Å². The lowest BCUT2D eigenvalue weighted by atomic mass is 9.78. The summed E-state index contributed by atoms with van der Waals surface area (Å²) in [6, 6.07) is 0.140. The van der Waals surface area contributed by atoms with Crippen LogP contribution in [0.4, 0.5) is 0 Å². The van der Waals surface area contributed by atoms with E-state index in [9.17, 15) is 14.4 Å². The summed E-state index contributed by atoms with van der Waals surface area (Å²) in [6.45, 7) is 4.02. The first kappa shape index (κ1) is 16.5. The van der Waals surface area contributed by atoms with Crippen molar-refractivity contribution in [3.63, 3.8) is 0 Å². The van der Waals surface area contributed by atoms with Gasteiger partial charge in [-0.15, -0.1) is 0 Å². The molecule has 122 valence electrons. The zero-order valence-electron chi connectivity index (χ0n) is 13.1. The van der Waals surface area contributed by atoms with Crippen LogP contribution in [-0.4, -0.2) is 36.1 Å². The van der Waals surface area contributed by atoms with E-state index in [0.29, 0.717) is 11.8 Å². The van der Waals surface area contributed by atoms with Crippen molar-refractivity contribution in [3.05, 3.63) is 0 Å². The number of nitrogens with zero attached hydrogens (tertiary/aromatic N) is 1. The van der Waals surface area contributed by atoms with Crippen molar-refractivity contribution < 1.29 is 19.1 Å². The number of rotatable bonds is 4. The Morgan fingerprint density at radius 1 is 1.32 bits per heavy atom. The van der Waals surface area contributed by atoms with Crippen molar-refractivity contribution in [1.82, 2.24) is 10.7 Å². The average molecular weight is 309 g/mol. The van der Waals surface area contributed by atoms with Crippen LogP contribution in [0.3, 0.4) is 0 Å². The summed E-state index contributed by atoms with van der Waals surface area (Å²) < 4.78 is 4.95. The molecule has 0 spiro atoms. The van der Waals surface area contributed by atoms with Crippen molar-refractivity contribution in [3.8, 4) is 0 Å². The van der Waals surface area contributed by atoms with E-state index in [1.165, 1.54) is 6.42 Å². The summed E-state index contributed by atoms with van der Waals surface area (Å²) in [6.07, 6.45) is 3.70. The number of hydrazone groups is 1. The van der Waals surface area contributed by atoms with Gasteiger partial charge in [-0.25, -0.2) is 10.2 Å². The Morgan fingerprint density at radius 3 is 2.77 bits per heavy atom. The van der Waals surface area contributed by atoms with Crippen LogP contribution in [0.15, 0.2) is 5.10 Å². The summed E-state index contributed by atoms with van der Waals surface area (Å²) in [5.74, 6) is -0.164. The predicted molar refractivity (Wildman–Crippen MR) is 79.9 cm³/mol. The van der Waals surface area contributed by atoms with Crippen molar-refractivity contribution in [2.75, 3.05) is 6.61 Å². The lowest BCUT2D eigenvalue weighted by molar-refractivity contribution is -0.142. The minimum absolute atomic E-state index is 0.140. The Balaban J connectivity index is 1.75. The Kier molecular flexibility index (Phi) is 5.51. The molecule has 7 heteroatoms. The van der Waals surface area contributed by atoms with Crippen LogP contribution in [0.2, 0.25) is 0 Å². The van der Waals surface area contributed by atoms with E-state index in [1.54, 1.807) is 0 Å². The van der Waals surface area contributed by atoms with Gasteiger partial charge in [0.05, 0.1) is 0 Å². The van der Waals surface area contributed by atoms with Crippen LogP contribution in [0.25, 0.3) is 0 Å². The van der Waals surface area contributed by atoms with Gasteiger partial charge < -0.3 is 10.1 Å². The molecule has 7 nitrogen and oxygen atoms in total. The number of esters is 1. The first-order chi connectivity index (χ1) is 10.5. The Hall–Kier alpha value is -1.92. The van der Waals surface area contributed by atoms with Gasteiger partial charge in [0.2, 0.25) is 5.91 Å².